The molecule has 19 heteroatoms. The van der Waals surface area contributed by atoms with Crippen LogP contribution in [0.4, 0.5) is 21.5 Å². The van der Waals surface area contributed by atoms with Gasteiger partial charge in [0, 0.05) is 61.8 Å². The lowest BCUT2D eigenvalue weighted by Gasteiger charge is -2.57. The van der Waals surface area contributed by atoms with Gasteiger partial charge in [0.15, 0.2) is 17.2 Å². The zero-order chi connectivity index (χ0) is 49.1. The quantitative estimate of drug-likeness (QED) is 0.0682. The van der Waals surface area contributed by atoms with Crippen molar-refractivity contribution in [1.29, 1.82) is 0 Å². The molecule has 2 aromatic heterocycles. The molecule has 372 valence electrons. The molecule has 5 aliphatic rings. The van der Waals surface area contributed by atoms with Gasteiger partial charge >= 0.3 is 0 Å². The van der Waals surface area contributed by atoms with E-state index < -0.39 is 42.9 Å². The molecule has 3 aromatic carbocycles. The minimum Gasteiger partial charge on any atom is -0.489 e. The number of pyridine rings is 1. The van der Waals surface area contributed by atoms with Crippen LogP contribution in [0.3, 0.4) is 0 Å². The average Bonchev–Trinajstić information content (AvgIpc) is 3.70. The van der Waals surface area contributed by atoms with Gasteiger partial charge in [-0.05, 0) is 98.8 Å². The molecule has 1 spiro atoms. The number of ether oxygens (including phenoxy) is 4. The Morgan fingerprint density at radius 3 is 2.51 bits per heavy atom. The summed E-state index contributed by atoms with van der Waals surface area (Å²) in [6, 6.07) is 17.4. The molecule has 0 bridgehead atoms. The lowest BCUT2D eigenvalue weighted by Crippen LogP contribution is -2.58. The number of amides is 1. The number of carbonyl (C=O) groups excluding carboxylic acids is 1. The number of sulfonamides is 1. The first kappa shape index (κ1) is 47.6. The van der Waals surface area contributed by atoms with Crippen LogP contribution in [-0.2, 0) is 14.8 Å². The number of piperidine rings is 1. The fourth-order valence-corrected chi connectivity index (χ4v) is 12.5. The predicted octanol–water partition coefficient (Wildman–Crippen LogP) is 8.59. The van der Waals surface area contributed by atoms with Gasteiger partial charge < -0.3 is 39.3 Å². The third-order valence-electron chi connectivity index (χ3n) is 15.5. The smallest absolute Gasteiger partial charge is 0.297 e. The molecule has 0 radical (unpaired) electrons. The van der Waals surface area contributed by atoms with Crippen LogP contribution in [0.2, 0.25) is 0 Å². The number of hydrogen-bond acceptors (Lipinski definition) is 14. The van der Waals surface area contributed by atoms with E-state index in [1.54, 1.807) is 19.1 Å². The number of rotatable bonds is 12. The van der Waals surface area contributed by atoms with Gasteiger partial charge in [0.2, 0.25) is 0 Å². The number of nitro benzene ring substituents is 1. The Labute approximate surface area is 406 Å². The second-order valence-electron chi connectivity index (χ2n) is 20.4. The van der Waals surface area contributed by atoms with Crippen molar-refractivity contribution in [3.63, 3.8) is 0 Å². The van der Waals surface area contributed by atoms with Crippen molar-refractivity contribution in [2.75, 3.05) is 56.8 Å². The first-order chi connectivity index (χ1) is 33.5. The first-order valence-corrected chi connectivity index (χ1v) is 25.7. The number of aromatic nitrogens is 2. The van der Waals surface area contributed by atoms with Gasteiger partial charge in [0.05, 0.1) is 58.8 Å². The topological polar surface area (TPSA) is 211 Å². The molecule has 4 fully saturated rings. The summed E-state index contributed by atoms with van der Waals surface area (Å²) in [7, 11) is -3.39. The van der Waals surface area contributed by atoms with Gasteiger partial charge in [0.1, 0.15) is 23.8 Å². The fourth-order valence-electron chi connectivity index (χ4n) is 11.5. The number of halogens is 1. The summed E-state index contributed by atoms with van der Waals surface area (Å²) in [5.74, 6) is -1.31. The van der Waals surface area contributed by atoms with Crippen LogP contribution in [0, 0.1) is 27.3 Å². The van der Waals surface area contributed by atoms with Crippen molar-refractivity contribution in [1.82, 2.24) is 19.6 Å². The molecule has 2 aliphatic carbocycles. The van der Waals surface area contributed by atoms with E-state index in [4.69, 9.17) is 18.9 Å². The highest BCUT2D eigenvalue weighted by atomic mass is 32.2. The van der Waals surface area contributed by atoms with Gasteiger partial charge in [-0.25, -0.2) is 17.5 Å². The molecule has 5 aromatic rings. The summed E-state index contributed by atoms with van der Waals surface area (Å²) in [5, 5.41) is 26.2. The molecule has 3 aliphatic heterocycles. The van der Waals surface area contributed by atoms with Crippen molar-refractivity contribution in [2.45, 2.75) is 107 Å². The van der Waals surface area contributed by atoms with Crippen molar-refractivity contribution >= 4 is 44.0 Å². The molecule has 1 amide bonds. The first-order valence-electron chi connectivity index (χ1n) is 24.2. The highest BCUT2D eigenvalue weighted by Crippen LogP contribution is 2.53. The Hall–Kier alpha value is -6.02. The van der Waals surface area contributed by atoms with E-state index in [-0.39, 0.29) is 75.4 Å². The summed E-state index contributed by atoms with van der Waals surface area (Å²) in [4.78, 5) is 37.4. The zero-order valence-electron chi connectivity index (χ0n) is 39.8. The monoisotopic (exact) mass is 981 g/mol. The summed E-state index contributed by atoms with van der Waals surface area (Å²) in [6.07, 6.45) is 7.77. The standard InChI is InChI=1S/C51H60FN7O10S/c1-30(2)35-7-5-6-8-36(35)42-29-67-20-19-58(42)33-25-51(26-33)15-17-57(18-16-51)32-9-10-37(43(21-32)69-45-24-38-39(52)27-53-47(38)55-49(45)66-4)48(60)56-70(64,65)34-22-41(59(62)63)46-44(23-34)68-28-40(54-46)31-11-13-50(3,61)14-12-31/h5-10,21-24,27,30-31,33,40,42,54,61H,11-20,25-26,28-29H2,1-4H3,(H,53,55)(H,56,60)/t31-,40-,42+,50-/m1/s1. The minimum atomic E-state index is -4.76. The second-order valence-corrected chi connectivity index (χ2v) is 22.1. The van der Waals surface area contributed by atoms with Crippen LogP contribution in [0.5, 0.6) is 23.1 Å². The van der Waals surface area contributed by atoms with E-state index in [2.05, 4.69) is 67.9 Å². The van der Waals surface area contributed by atoms with E-state index in [0.29, 0.717) is 44.2 Å². The summed E-state index contributed by atoms with van der Waals surface area (Å²) in [5.41, 5.74) is 2.40. The molecule has 10 rings (SSSR count). The van der Waals surface area contributed by atoms with E-state index in [1.807, 2.05) is 0 Å². The Balaban J connectivity index is 0.884. The number of anilines is 2. The lowest BCUT2D eigenvalue weighted by atomic mass is 9.59. The largest absolute Gasteiger partial charge is 0.489 e. The van der Waals surface area contributed by atoms with Gasteiger partial charge in [-0.15, -0.1) is 0 Å². The number of aromatic amines is 1. The Morgan fingerprint density at radius 1 is 1.03 bits per heavy atom. The molecule has 2 atom stereocenters. The van der Waals surface area contributed by atoms with Crippen LogP contribution in [-0.4, -0.2) is 103 Å². The van der Waals surface area contributed by atoms with Gasteiger partial charge in [-0.2, -0.15) is 4.98 Å². The maximum atomic E-state index is 14.9. The number of nitrogens with one attached hydrogen (secondary N) is 3. The molecule has 2 saturated heterocycles. The van der Waals surface area contributed by atoms with Gasteiger partial charge in [0.25, 0.3) is 27.5 Å². The summed E-state index contributed by atoms with van der Waals surface area (Å²) in [6.45, 7) is 10.1. The lowest BCUT2D eigenvalue weighted by molar-refractivity contribution is -0.384. The molecule has 5 heterocycles. The van der Waals surface area contributed by atoms with Crippen LogP contribution >= 0.6 is 0 Å². The molecule has 70 heavy (non-hydrogen) atoms. The number of hydrogen-bond donors (Lipinski definition) is 4. The van der Waals surface area contributed by atoms with Crippen molar-refractivity contribution < 1.29 is 46.6 Å². The van der Waals surface area contributed by atoms with Gasteiger partial charge in [-0.3, -0.25) is 19.8 Å². The number of nitro groups is 1. The maximum Gasteiger partial charge on any atom is 0.297 e. The molecule has 17 nitrogen and oxygen atoms in total. The summed E-state index contributed by atoms with van der Waals surface area (Å²) < 4.78 is 68.9. The highest BCUT2D eigenvalue weighted by Gasteiger charge is 2.50. The van der Waals surface area contributed by atoms with Crippen LogP contribution in [0.25, 0.3) is 11.0 Å². The summed E-state index contributed by atoms with van der Waals surface area (Å²) >= 11 is 0. The average molecular weight is 982 g/mol. The van der Waals surface area contributed by atoms with Crippen molar-refractivity contribution in [3.05, 3.63) is 99.5 Å². The van der Waals surface area contributed by atoms with Crippen LogP contribution < -0.4 is 29.1 Å². The van der Waals surface area contributed by atoms with Crippen LogP contribution in [0.15, 0.2) is 71.8 Å². The number of fused-ring (bicyclic) bond motifs is 2. The maximum absolute atomic E-state index is 14.9. The fraction of sp³-hybridized carbons (Fsp3) is 0.490. The van der Waals surface area contributed by atoms with Gasteiger partial charge in [-0.1, -0.05) is 38.1 Å². The highest BCUT2D eigenvalue weighted by molar-refractivity contribution is 7.90. The Kier molecular flexibility index (Phi) is 12.7. The van der Waals surface area contributed by atoms with Crippen molar-refractivity contribution in [2.24, 2.45) is 11.3 Å². The molecular formula is C51H60FN7O10S. The van der Waals surface area contributed by atoms with E-state index >= 15 is 0 Å². The number of carbonyl (C=O) groups is 1. The van der Waals surface area contributed by atoms with E-state index in [0.717, 1.165) is 75.9 Å². The number of methoxy groups -OCH3 is 1. The Bertz CT molecular complexity index is 2920. The second kappa shape index (κ2) is 18.6. The Morgan fingerprint density at radius 2 is 1.79 bits per heavy atom. The molecule has 0 unspecified atom stereocenters. The normalized spacial score (nSPS) is 23.8. The molecular weight excluding hydrogens is 922 g/mol. The number of nitrogens with zero attached hydrogens (tertiary/aromatic N) is 4. The van der Waals surface area contributed by atoms with Crippen LogP contribution in [0.1, 0.15) is 106 Å². The zero-order valence-corrected chi connectivity index (χ0v) is 40.7. The molecule has 2 saturated carbocycles. The predicted molar refractivity (Wildman–Crippen MR) is 260 cm³/mol. The molecule has 4 N–H and O–H groups in total. The minimum absolute atomic E-state index is 0.0130. The number of H-pyrrole nitrogens is 1. The number of morpholine rings is 1. The number of aliphatic hydroxyl groups is 1. The van der Waals surface area contributed by atoms with E-state index in [1.165, 1.54) is 30.4 Å². The van der Waals surface area contributed by atoms with E-state index in [9.17, 15) is 32.8 Å². The number of benzene rings is 3. The van der Waals surface area contributed by atoms with Crippen molar-refractivity contribution in [3.8, 4) is 23.1 Å². The SMILES string of the molecule is COc1nc2[nH]cc(F)c2cc1Oc1cc(N2CCC3(CC2)CC(N2CCOC[C@H]2c2ccccc2C(C)C)C3)ccc1C(=O)NS(=O)(=O)c1cc2c(c([N+](=O)[O-])c1)N[C@@H]([C@H]1CC[C@](C)(O)CC1)CO2. The third-order valence-corrected chi connectivity index (χ3v) is 16.8. The third kappa shape index (κ3) is 9.23.